The number of nitrogens with zero attached hydrogens (tertiary/aromatic N) is 2. The predicted molar refractivity (Wildman–Crippen MR) is 105 cm³/mol. The molecule has 31 heavy (non-hydrogen) atoms. The maximum Gasteiger partial charge on any atom is 0.433 e. The lowest BCUT2D eigenvalue weighted by atomic mass is 9.96. The molecule has 0 radical (unpaired) electrons. The molecule has 1 aromatic heterocycles. The maximum atomic E-state index is 12.9. The Bertz CT molecular complexity index is 1230. The Morgan fingerprint density at radius 2 is 1.94 bits per heavy atom. The highest BCUT2D eigenvalue weighted by atomic mass is 32.2. The van der Waals surface area contributed by atoms with E-state index < -0.39 is 27.7 Å². The van der Waals surface area contributed by atoms with E-state index >= 15 is 0 Å². The first-order valence-corrected chi connectivity index (χ1v) is 10.9. The molecule has 0 aliphatic heterocycles. The molecule has 0 amide bonds. The van der Waals surface area contributed by atoms with Crippen molar-refractivity contribution in [2.75, 3.05) is 11.6 Å². The standard InChI is InChI=1S/C20H17F3N4O3S/c1-31(29,30)16-8-11(10-24)2-3-13(16)19(25)18-14(4-5-15(18)28)27-12-6-7-26-17(9-12)20(21,22)23/h2-3,6-9,19H,4-5,25H2,1H3,(H,26,27). The van der Waals surface area contributed by atoms with Crippen LogP contribution in [-0.2, 0) is 20.8 Å². The molecule has 0 spiro atoms. The second-order valence-corrected chi connectivity index (χ2v) is 8.97. The van der Waals surface area contributed by atoms with Crippen LogP contribution in [0, 0.1) is 11.3 Å². The van der Waals surface area contributed by atoms with Gasteiger partial charge in [-0.2, -0.15) is 18.4 Å². The van der Waals surface area contributed by atoms with Crippen molar-refractivity contribution in [1.29, 1.82) is 5.26 Å². The average Bonchev–Trinajstić information content (AvgIpc) is 3.05. The molecule has 1 unspecified atom stereocenters. The number of sulfone groups is 1. The summed E-state index contributed by atoms with van der Waals surface area (Å²) < 4.78 is 63.3. The van der Waals surface area contributed by atoms with Gasteiger partial charge in [-0.1, -0.05) is 6.07 Å². The fraction of sp³-hybridized carbons (Fsp3) is 0.250. The molecule has 1 atom stereocenters. The third kappa shape index (κ3) is 4.76. The van der Waals surface area contributed by atoms with E-state index in [1.165, 1.54) is 24.3 Å². The molecule has 2 aromatic rings. The Kier molecular flexibility index (Phi) is 5.89. The van der Waals surface area contributed by atoms with Gasteiger partial charge in [-0.15, -0.1) is 0 Å². The van der Waals surface area contributed by atoms with Crippen molar-refractivity contribution in [2.45, 2.75) is 30.0 Å². The summed E-state index contributed by atoms with van der Waals surface area (Å²) in [6.07, 6.45) is -2.41. The third-order valence-corrected chi connectivity index (χ3v) is 5.91. The highest BCUT2D eigenvalue weighted by Crippen LogP contribution is 2.36. The van der Waals surface area contributed by atoms with Crippen LogP contribution in [0.4, 0.5) is 18.9 Å². The van der Waals surface area contributed by atoms with Crippen LogP contribution in [0.5, 0.6) is 0 Å². The normalized spacial score (nSPS) is 15.7. The Morgan fingerprint density at radius 3 is 2.55 bits per heavy atom. The van der Waals surface area contributed by atoms with Crippen molar-refractivity contribution in [2.24, 2.45) is 5.73 Å². The molecule has 0 fully saturated rings. The molecule has 7 nitrogen and oxygen atoms in total. The van der Waals surface area contributed by atoms with Crippen LogP contribution >= 0.6 is 0 Å². The number of hydrogen-bond donors (Lipinski definition) is 2. The number of nitriles is 1. The van der Waals surface area contributed by atoms with Crippen LogP contribution in [0.15, 0.2) is 52.7 Å². The lowest BCUT2D eigenvalue weighted by Crippen LogP contribution is -2.21. The van der Waals surface area contributed by atoms with Crippen LogP contribution in [-0.4, -0.2) is 25.4 Å². The van der Waals surface area contributed by atoms with E-state index in [1.807, 2.05) is 6.07 Å². The molecule has 0 bridgehead atoms. The van der Waals surface area contributed by atoms with Crippen LogP contribution in [0.25, 0.3) is 0 Å². The number of rotatable bonds is 5. The number of nitrogens with one attached hydrogen (secondary N) is 1. The summed E-state index contributed by atoms with van der Waals surface area (Å²) in [6, 6.07) is 6.75. The second-order valence-electron chi connectivity index (χ2n) is 6.98. The Hall–Kier alpha value is -3.23. The van der Waals surface area contributed by atoms with Gasteiger partial charge in [0.15, 0.2) is 15.6 Å². The molecule has 162 valence electrons. The summed E-state index contributed by atoms with van der Waals surface area (Å²) in [5.74, 6) is -0.344. The molecule has 1 aliphatic carbocycles. The molecular formula is C20H17F3N4O3S. The number of benzene rings is 1. The number of hydrogen-bond acceptors (Lipinski definition) is 7. The smallest absolute Gasteiger partial charge is 0.358 e. The van der Waals surface area contributed by atoms with Gasteiger partial charge in [0, 0.05) is 35.8 Å². The molecule has 1 aliphatic rings. The van der Waals surface area contributed by atoms with E-state index in [0.717, 1.165) is 18.5 Å². The molecule has 11 heteroatoms. The zero-order valence-electron chi connectivity index (χ0n) is 16.2. The summed E-state index contributed by atoms with van der Waals surface area (Å²) in [6.45, 7) is 0. The van der Waals surface area contributed by atoms with Crippen LogP contribution in [0.2, 0.25) is 0 Å². The summed E-state index contributed by atoms with van der Waals surface area (Å²) >= 11 is 0. The van der Waals surface area contributed by atoms with Gasteiger partial charge in [0.25, 0.3) is 0 Å². The fourth-order valence-corrected chi connectivity index (χ4v) is 4.31. The Balaban J connectivity index is 2.06. The minimum absolute atomic E-state index is 0.0693. The number of carbonyl (C=O) groups is 1. The number of aromatic nitrogens is 1. The molecule has 0 saturated carbocycles. The SMILES string of the molecule is CS(=O)(=O)c1cc(C#N)ccc1C(N)C1=C(Nc2ccnc(C(F)(F)F)c2)CCC1=O. The quantitative estimate of drug-likeness (QED) is 0.717. The predicted octanol–water partition coefficient (Wildman–Crippen LogP) is 3.10. The Labute approximate surface area is 176 Å². The number of anilines is 1. The number of ketones is 1. The first-order chi connectivity index (χ1) is 14.4. The van der Waals surface area contributed by atoms with Crippen LogP contribution in [0.1, 0.15) is 35.7 Å². The lowest BCUT2D eigenvalue weighted by Gasteiger charge is -2.19. The monoisotopic (exact) mass is 450 g/mol. The summed E-state index contributed by atoms with van der Waals surface area (Å²) in [4.78, 5) is 15.6. The van der Waals surface area contributed by atoms with Gasteiger partial charge in [-0.05, 0) is 36.2 Å². The van der Waals surface area contributed by atoms with Gasteiger partial charge in [-0.3, -0.25) is 9.78 Å². The largest absolute Gasteiger partial charge is 0.433 e. The van der Waals surface area contributed by atoms with Crippen molar-refractivity contribution in [3.63, 3.8) is 0 Å². The van der Waals surface area contributed by atoms with Crippen molar-refractivity contribution < 1.29 is 26.4 Å². The molecule has 1 heterocycles. The highest BCUT2D eigenvalue weighted by Gasteiger charge is 2.34. The number of pyridine rings is 1. The van der Waals surface area contributed by atoms with Crippen molar-refractivity contribution in [3.8, 4) is 6.07 Å². The van der Waals surface area contributed by atoms with E-state index in [1.54, 1.807) is 0 Å². The summed E-state index contributed by atoms with van der Waals surface area (Å²) in [5.41, 5.74) is 5.86. The number of allylic oxidation sites excluding steroid dienone is 1. The zero-order valence-corrected chi connectivity index (χ0v) is 17.0. The minimum Gasteiger partial charge on any atom is -0.358 e. The van der Waals surface area contributed by atoms with E-state index in [4.69, 9.17) is 11.0 Å². The third-order valence-electron chi connectivity index (χ3n) is 4.76. The van der Waals surface area contributed by atoms with Crippen molar-refractivity contribution in [3.05, 3.63) is 64.6 Å². The van der Waals surface area contributed by atoms with E-state index in [9.17, 15) is 26.4 Å². The van der Waals surface area contributed by atoms with Gasteiger partial charge in [0.05, 0.1) is 22.6 Å². The number of alkyl halides is 3. The van der Waals surface area contributed by atoms with Gasteiger partial charge < -0.3 is 11.1 Å². The van der Waals surface area contributed by atoms with Gasteiger partial charge in [0.2, 0.25) is 0 Å². The molecule has 0 saturated heterocycles. The van der Waals surface area contributed by atoms with E-state index in [2.05, 4.69) is 10.3 Å². The van der Waals surface area contributed by atoms with Crippen molar-refractivity contribution >= 4 is 21.3 Å². The van der Waals surface area contributed by atoms with E-state index in [0.29, 0.717) is 5.70 Å². The summed E-state index contributed by atoms with van der Waals surface area (Å²) in [7, 11) is -3.78. The minimum atomic E-state index is -4.64. The maximum absolute atomic E-state index is 12.9. The molecule has 1 aromatic carbocycles. The van der Waals surface area contributed by atoms with Gasteiger partial charge in [-0.25, -0.2) is 8.42 Å². The average molecular weight is 450 g/mol. The number of nitrogens with two attached hydrogens (primary N) is 1. The molecule has 3 N–H and O–H groups in total. The fourth-order valence-electron chi connectivity index (χ4n) is 3.34. The zero-order chi connectivity index (χ0) is 23.0. The highest BCUT2D eigenvalue weighted by molar-refractivity contribution is 7.90. The lowest BCUT2D eigenvalue weighted by molar-refractivity contribution is -0.141. The van der Waals surface area contributed by atoms with Gasteiger partial charge in [0.1, 0.15) is 5.69 Å². The number of Topliss-reactive ketones (excluding diaryl/α,β-unsaturated/α-hetero) is 1. The van der Waals surface area contributed by atoms with Gasteiger partial charge >= 0.3 is 6.18 Å². The first-order valence-electron chi connectivity index (χ1n) is 8.98. The van der Waals surface area contributed by atoms with Crippen molar-refractivity contribution in [1.82, 2.24) is 4.98 Å². The molecule has 3 rings (SSSR count). The Morgan fingerprint density at radius 1 is 1.23 bits per heavy atom. The topological polar surface area (TPSA) is 126 Å². The first kappa shape index (κ1) is 22.5. The number of carbonyl (C=O) groups excluding carboxylic acids is 1. The second kappa shape index (κ2) is 8.13. The van der Waals surface area contributed by atoms with E-state index in [-0.39, 0.29) is 45.9 Å². The van der Waals surface area contributed by atoms with Crippen LogP contribution in [0.3, 0.4) is 0 Å². The molecular weight excluding hydrogens is 433 g/mol. The van der Waals surface area contributed by atoms with Crippen LogP contribution < -0.4 is 11.1 Å². The summed E-state index contributed by atoms with van der Waals surface area (Å²) in [5, 5.41) is 11.9. The number of halogens is 3.